The zero-order valence-corrected chi connectivity index (χ0v) is 18.1. The van der Waals surface area contributed by atoms with Crippen LogP contribution in [0.2, 0.25) is 5.02 Å². The number of aromatic nitrogens is 2. The van der Waals surface area contributed by atoms with Crippen molar-refractivity contribution in [3.05, 3.63) is 51.9 Å². The Balaban J connectivity index is 1.32. The fraction of sp³-hybridized carbons (Fsp3) is 0.381. The molecule has 10 nitrogen and oxygen atoms in total. The Morgan fingerprint density at radius 3 is 2.44 bits per heavy atom. The molecule has 3 heterocycles. The molecular weight excluding hydrogens is 436 g/mol. The van der Waals surface area contributed by atoms with Crippen LogP contribution in [0, 0.1) is 0 Å². The van der Waals surface area contributed by atoms with E-state index >= 15 is 0 Å². The number of nitrogens with zero attached hydrogens (tertiary/aromatic N) is 5. The maximum absolute atomic E-state index is 12.7. The van der Waals surface area contributed by atoms with E-state index in [-0.39, 0.29) is 36.3 Å². The zero-order valence-electron chi connectivity index (χ0n) is 17.4. The summed E-state index contributed by atoms with van der Waals surface area (Å²) in [4.78, 5) is 53.2. The van der Waals surface area contributed by atoms with Gasteiger partial charge in [-0.15, -0.1) is 0 Å². The average molecular weight is 459 g/mol. The fourth-order valence-corrected chi connectivity index (χ4v) is 4.07. The summed E-state index contributed by atoms with van der Waals surface area (Å²) in [7, 11) is 0. The van der Waals surface area contributed by atoms with Crippen molar-refractivity contribution in [2.45, 2.75) is 12.8 Å². The lowest BCUT2D eigenvalue weighted by Crippen LogP contribution is -2.49. The quantitative estimate of drug-likeness (QED) is 0.643. The molecule has 0 saturated carbocycles. The molecule has 0 bridgehead atoms. The van der Waals surface area contributed by atoms with Crippen LogP contribution >= 0.6 is 11.6 Å². The van der Waals surface area contributed by atoms with Crippen LogP contribution in [0.5, 0.6) is 0 Å². The van der Waals surface area contributed by atoms with Gasteiger partial charge in [0.25, 0.3) is 5.56 Å². The van der Waals surface area contributed by atoms with E-state index in [9.17, 15) is 19.2 Å². The van der Waals surface area contributed by atoms with Gasteiger partial charge in [0.15, 0.2) is 0 Å². The molecule has 0 aliphatic carbocycles. The number of amides is 4. The number of urea groups is 1. The molecule has 0 radical (unpaired) electrons. The third-order valence-corrected chi connectivity index (χ3v) is 5.94. The van der Waals surface area contributed by atoms with Crippen molar-refractivity contribution in [3.63, 3.8) is 0 Å². The monoisotopic (exact) mass is 458 g/mol. The Labute approximate surface area is 189 Å². The third kappa shape index (κ3) is 4.45. The van der Waals surface area contributed by atoms with Crippen LogP contribution < -0.4 is 15.8 Å². The van der Waals surface area contributed by atoms with E-state index in [0.29, 0.717) is 44.0 Å². The lowest BCUT2D eigenvalue weighted by atomic mass is 10.2. The highest BCUT2D eigenvalue weighted by Gasteiger charge is 2.28. The van der Waals surface area contributed by atoms with Gasteiger partial charge < -0.3 is 15.1 Å². The van der Waals surface area contributed by atoms with Crippen LogP contribution in [-0.4, -0.2) is 76.7 Å². The summed E-state index contributed by atoms with van der Waals surface area (Å²) < 4.78 is 1.26. The molecule has 2 saturated heterocycles. The molecule has 0 unspecified atom stereocenters. The van der Waals surface area contributed by atoms with Crippen molar-refractivity contribution in [2.24, 2.45) is 0 Å². The summed E-state index contributed by atoms with van der Waals surface area (Å²) in [5.41, 5.74) is 0.790. The molecule has 1 aromatic heterocycles. The minimum atomic E-state index is -0.407. The predicted octanol–water partition coefficient (Wildman–Crippen LogP) is 0.867. The first-order valence-corrected chi connectivity index (χ1v) is 10.8. The number of benzene rings is 1. The first kappa shape index (κ1) is 21.8. The van der Waals surface area contributed by atoms with Gasteiger partial charge >= 0.3 is 6.03 Å². The first-order valence-electron chi connectivity index (χ1n) is 10.4. The van der Waals surface area contributed by atoms with Gasteiger partial charge in [-0.05, 0) is 18.6 Å². The Kier molecular flexibility index (Phi) is 6.40. The number of hydrogen-bond acceptors (Lipinski definition) is 6. The second-order valence-corrected chi connectivity index (χ2v) is 7.95. The molecule has 2 aromatic rings. The predicted molar refractivity (Wildman–Crippen MR) is 118 cm³/mol. The van der Waals surface area contributed by atoms with E-state index in [1.165, 1.54) is 4.68 Å². The molecule has 4 rings (SSSR count). The van der Waals surface area contributed by atoms with Crippen molar-refractivity contribution >= 4 is 35.1 Å². The molecule has 0 atom stereocenters. The molecule has 2 aliphatic heterocycles. The molecular formula is C21H23ClN6O4. The molecule has 0 spiro atoms. The second-order valence-electron chi connectivity index (χ2n) is 7.57. The SMILES string of the molecule is O=C(CCCN1C(=O)CNC1=O)N1CCN(c2cnn(-c3ccccc3)c(=O)c2Cl)CC1. The second kappa shape index (κ2) is 9.39. The van der Waals surface area contributed by atoms with E-state index in [4.69, 9.17) is 11.6 Å². The standard InChI is InChI=1S/C21H23ClN6O4/c22-19-16(13-24-28(20(19)31)15-5-2-1-3-6-15)25-9-11-26(12-10-25)17(29)7-4-8-27-18(30)14-23-21(27)32/h1-3,5-6,13H,4,7-12,14H2,(H,23,32). The van der Waals surface area contributed by atoms with E-state index in [0.717, 1.165) is 4.90 Å². The third-order valence-electron chi connectivity index (χ3n) is 5.58. The molecule has 2 fully saturated rings. The number of hydrogen-bond donors (Lipinski definition) is 1. The summed E-state index contributed by atoms with van der Waals surface area (Å²) >= 11 is 6.37. The van der Waals surface area contributed by atoms with Gasteiger partial charge in [0.05, 0.1) is 24.1 Å². The number of anilines is 1. The highest BCUT2D eigenvalue weighted by Crippen LogP contribution is 2.23. The van der Waals surface area contributed by atoms with E-state index in [2.05, 4.69) is 10.4 Å². The summed E-state index contributed by atoms with van der Waals surface area (Å²) in [6, 6.07) is 8.64. The van der Waals surface area contributed by atoms with Gasteiger partial charge in [0, 0.05) is 39.1 Å². The minimum absolute atomic E-state index is 0.0159. The smallest absolute Gasteiger partial charge is 0.324 e. The van der Waals surface area contributed by atoms with Crippen molar-refractivity contribution in [1.82, 2.24) is 24.9 Å². The van der Waals surface area contributed by atoms with Crippen LogP contribution in [0.3, 0.4) is 0 Å². The summed E-state index contributed by atoms with van der Waals surface area (Å²) in [5.74, 6) is -0.295. The van der Waals surface area contributed by atoms with Gasteiger partial charge in [-0.25, -0.2) is 4.79 Å². The maximum Gasteiger partial charge on any atom is 0.324 e. The number of para-hydroxylation sites is 1. The van der Waals surface area contributed by atoms with Crippen molar-refractivity contribution in [1.29, 1.82) is 0 Å². The summed E-state index contributed by atoms with van der Waals surface area (Å²) in [5, 5.41) is 6.82. The molecule has 168 valence electrons. The number of piperazine rings is 1. The van der Waals surface area contributed by atoms with Crippen LogP contribution in [0.15, 0.2) is 41.3 Å². The van der Waals surface area contributed by atoms with Crippen molar-refractivity contribution < 1.29 is 14.4 Å². The number of imide groups is 1. The van der Waals surface area contributed by atoms with Gasteiger partial charge in [0.2, 0.25) is 11.8 Å². The lowest BCUT2D eigenvalue weighted by Gasteiger charge is -2.36. The molecule has 32 heavy (non-hydrogen) atoms. The number of carbonyl (C=O) groups is 3. The van der Waals surface area contributed by atoms with E-state index in [1.807, 2.05) is 23.1 Å². The number of rotatable bonds is 6. The normalized spacial score (nSPS) is 16.5. The highest BCUT2D eigenvalue weighted by molar-refractivity contribution is 6.33. The maximum atomic E-state index is 12.7. The highest BCUT2D eigenvalue weighted by atomic mass is 35.5. The Bertz CT molecular complexity index is 1070. The Morgan fingerprint density at radius 2 is 1.78 bits per heavy atom. The van der Waals surface area contributed by atoms with Crippen LogP contribution in [-0.2, 0) is 9.59 Å². The molecule has 1 N–H and O–H groups in total. The van der Waals surface area contributed by atoms with Crippen LogP contribution in [0.4, 0.5) is 10.5 Å². The van der Waals surface area contributed by atoms with Crippen LogP contribution in [0.1, 0.15) is 12.8 Å². The molecule has 2 aliphatic rings. The topological polar surface area (TPSA) is 108 Å². The minimum Gasteiger partial charge on any atom is -0.365 e. The van der Waals surface area contributed by atoms with Gasteiger partial charge in [-0.1, -0.05) is 29.8 Å². The van der Waals surface area contributed by atoms with Crippen LogP contribution in [0.25, 0.3) is 5.69 Å². The van der Waals surface area contributed by atoms with E-state index < -0.39 is 11.6 Å². The first-order chi connectivity index (χ1) is 15.5. The lowest BCUT2D eigenvalue weighted by molar-refractivity contribution is -0.132. The molecule has 4 amide bonds. The zero-order chi connectivity index (χ0) is 22.7. The largest absolute Gasteiger partial charge is 0.365 e. The Hall–Kier alpha value is -3.40. The number of carbonyl (C=O) groups excluding carboxylic acids is 3. The molecule has 11 heteroatoms. The average Bonchev–Trinajstić information content (AvgIpc) is 3.13. The van der Waals surface area contributed by atoms with Crippen molar-refractivity contribution in [2.75, 3.05) is 44.2 Å². The number of halogens is 1. The van der Waals surface area contributed by atoms with Gasteiger partial charge in [0.1, 0.15) is 5.02 Å². The fourth-order valence-electron chi connectivity index (χ4n) is 3.82. The Morgan fingerprint density at radius 1 is 1.06 bits per heavy atom. The van der Waals surface area contributed by atoms with Gasteiger partial charge in [-0.2, -0.15) is 9.78 Å². The summed E-state index contributed by atoms with van der Waals surface area (Å²) in [6.45, 7) is 2.27. The van der Waals surface area contributed by atoms with Crippen molar-refractivity contribution in [3.8, 4) is 5.69 Å². The van der Waals surface area contributed by atoms with Gasteiger partial charge in [-0.3, -0.25) is 19.3 Å². The molecule has 1 aromatic carbocycles. The summed E-state index contributed by atoms with van der Waals surface area (Å²) in [6.07, 6.45) is 2.25. The van der Waals surface area contributed by atoms with E-state index in [1.54, 1.807) is 23.2 Å². The number of nitrogens with one attached hydrogen (secondary N) is 1.